The summed E-state index contributed by atoms with van der Waals surface area (Å²) >= 11 is 0. The number of fused-ring (bicyclic) bond motifs is 3. The van der Waals surface area contributed by atoms with Gasteiger partial charge in [-0.15, -0.1) is 4.36 Å². The van der Waals surface area contributed by atoms with Gasteiger partial charge in [0.2, 0.25) is 5.88 Å². The molecule has 2 atom stereocenters. The third-order valence-electron chi connectivity index (χ3n) is 5.84. The van der Waals surface area contributed by atoms with Crippen molar-refractivity contribution in [2.75, 3.05) is 11.9 Å². The van der Waals surface area contributed by atoms with E-state index >= 15 is 0 Å². The lowest BCUT2D eigenvalue weighted by atomic mass is 9.99. The van der Waals surface area contributed by atoms with Crippen LogP contribution in [0.2, 0.25) is 0 Å². The number of benzene rings is 1. The van der Waals surface area contributed by atoms with Gasteiger partial charge >= 0.3 is 6.03 Å². The van der Waals surface area contributed by atoms with Gasteiger partial charge in [-0.3, -0.25) is 0 Å². The number of rotatable bonds is 2. The van der Waals surface area contributed by atoms with Crippen molar-refractivity contribution >= 4 is 21.6 Å². The topological polar surface area (TPSA) is 112 Å². The maximum atomic E-state index is 13.0. The first-order valence-electron chi connectivity index (χ1n) is 9.67. The third kappa shape index (κ3) is 2.72. The largest absolute Gasteiger partial charge is 0.475 e. The van der Waals surface area contributed by atoms with Crippen LogP contribution in [0.4, 0.5) is 10.5 Å². The van der Waals surface area contributed by atoms with E-state index in [4.69, 9.17) is 9.88 Å². The van der Waals surface area contributed by atoms with E-state index < -0.39 is 15.9 Å². The van der Waals surface area contributed by atoms with Crippen LogP contribution >= 0.6 is 0 Å². The van der Waals surface area contributed by atoms with E-state index in [0.717, 1.165) is 44.2 Å². The molecule has 0 saturated heterocycles. The summed E-state index contributed by atoms with van der Waals surface area (Å²) < 4.78 is 24.0. The minimum Gasteiger partial charge on any atom is -0.475 e. The van der Waals surface area contributed by atoms with Crippen LogP contribution in [0.3, 0.4) is 0 Å². The summed E-state index contributed by atoms with van der Waals surface area (Å²) in [6, 6.07) is 1.63. The van der Waals surface area contributed by atoms with E-state index in [-0.39, 0.29) is 10.9 Å². The monoisotopic (exact) mass is 401 g/mol. The van der Waals surface area contributed by atoms with Crippen LogP contribution in [0.15, 0.2) is 21.5 Å². The summed E-state index contributed by atoms with van der Waals surface area (Å²) in [6.07, 6.45) is 7.51. The summed E-state index contributed by atoms with van der Waals surface area (Å²) in [5, 5.41) is 13.0. The zero-order chi connectivity index (χ0) is 19.5. The van der Waals surface area contributed by atoms with Gasteiger partial charge in [-0.25, -0.2) is 18.8 Å². The van der Waals surface area contributed by atoms with Crippen LogP contribution in [-0.2, 0) is 35.6 Å². The van der Waals surface area contributed by atoms with E-state index in [1.165, 1.54) is 28.5 Å². The quantitative estimate of drug-likeness (QED) is 0.806. The van der Waals surface area contributed by atoms with Crippen molar-refractivity contribution in [1.29, 1.82) is 0 Å². The van der Waals surface area contributed by atoms with Crippen LogP contribution in [0.1, 0.15) is 48.1 Å². The van der Waals surface area contributed by atoms with E-state index in [1.54, 1.807) is 4.68 Å². The van der Waals surface area contributed by atoms with Gasteiger partial charge in [0.25, 0.3) is 0 Å². The van der Waals surface area contributed by atoms with Gasteiger partial charge in [0.05, 0.1) is 12.2 Å². The molecule has 8 nitrogen and oxygen atoms in total. The van der Waals surface area contributed by atoms with Gasteiger partial charge in [0.1, 0.15) is 11.5 Å². The molecule has 0 bridgehead atoms. The van der Waals surface area contributed by atoms with Gasteiger partial charge in [-0.05, 0) is 67.7 Å². The summed E-state index contributed by atoms with van der Waals surface area (Å²) in [6.45, 7) is 2.37. The first kappa shape index (κ1) is 17.7. The number of nitrogens with one attached hydrogen (secondary N) is 1. The average molecular weight is 401 g/mol. The van der Waals surface area contributed by atoms with E-state index in [1.807, 2.05) is 6.92 Å². The molecular formula is C19H23N5O3S. The standard InChI is InChI=1S/C19H23N5O3S/c1-11-10-27-18-16(9-21-24(11)18)28(20,26)23-19(25)22-17-14-6-2-4-12(14)8-13-5-3-7-15(13)17/h8-9,11H,2-7,10H2,1H3,(H3,20,22,23,25,26)/t11-,28?/m0/s1. The Hall–Kier alpha value is -2.39. The second-order valence-electron chi connectivity index (χ2n) is 7.74. The Morgan fingerprint density at radius 2 is 1.96 bits per heavy atom. The van der Waals surface area contributed by atoms with Crippen LogP contribution in [-0.4, -0.2) is 26.6 Å². The number of aromatic nitrogens is 2. The Labute approximate surface area is 163 Å². The zero-order valence-electron chi connectivity index (χ0n) is 15.7. The third-order valence-corrected chi connectivity index (χ3v) is 7.18. The second-order valence-corrected chi connectivity index (χ2v) is 9.50. The molecule has 2 aliphatic carbocycles. The highest BCUT2D eigenvalue weighted by atomic mass is 32.2. The molecule has 3 aliphatic rings. The first-order chi connectivity index (χ1) is 13.4. The maximum absolute atomic E-state index is 13.0. The highest BCUT2D eigenvalue weighted by molar-refractivity contribution is 7.91. The fraction of sp³-hybridized carbons (Fsp3) is 0.474. The molecule has 2 aromatic rings. The molecule has 0 spiro atoms. The number of anilines is 1. The number of ether oxygens (including phenoxy) is 1. The molecule has 5 rings (SSSR count). The number of nitrogens with two attached hydrogens (primary N) is 1. The molecule has 148 valence electrons. The van der Waals surface area contributed by atoms with E-state index in [2.05, 4.69) is 20.8 Å². The normalized spacial score (nSPS) is 21.4. The minimum atomic E-state index is -3.46. The Kier molecular flexibility index (Phi) is 3.99. The van der Waals surface area contributed by atoms with Crippen LogP contribution in [0, 0.1) is 0 Å². The van der Waals surface area contributed by atoms with Crippen molar-refractivity contribution in [2.45, 2.75) is 56.4 Å². The molecule has 9 heteroatoms. The number of nitrogens with zero attached hydrogens (tertiary/aromatic N) is 3. The lowest BCUT2D eigenvalue weighted by Gasteiger charge is -2.15. The summed E-state index contributed by atoms with van der Waals surface area (Å²) in [5.74, 6) is 0.332. The van der Waals surface area contributed by atoms with E-state index in [0.29, 0.717) is 12.5 Å². The number of aryl methyl sites for hydroxylation is 2. The number of amides is 2. The summed E-state index contributed by atoms with van der Waals surface area (Å²) in [7, 11) is -3.46. The first-order valence-corrected chi connectivity index (χ1v) is 11.2. The van der Waals surface area contributed by atoms with Crippen molar-refractivity contribution in [1.82, 2.24) is 9.78 Å². The van der Waals surface area contributed by atoms with Crippen molar-refractivity contribution < 1.29 is 13.7 Å². The zero-order valence-corrected chi connectivity index (χ0v) is 16.6. The highest BCUT2D eigenvalue weighted by Crippen LogP contribution is 2.39. The molecule has 0 fully saturated rings. The van der Waals surface area contributed by atoms with Crippen LogP contribution < -0.4 is 15.2 Å². The Bertz CT molecular complexity index is 1080. The molecule has 1 aliphatic heterocycles. The number of carbonyl (C=O) groups excluding carboxylic acids is 1. The van der Waals surface area contributed by atoms with Crippen molar-refractivity contribution in [2.24, 2.45) is 9.50 Å². The van der Waals surface area contributed by atoms with Gasteiger partial charge < -0.3 is 10.1 Å². The Morgan fingerprint density at radius 1 is 1.29 bits per heavy atom. The van der Waals surface area contributed by atoms with E-state index in [9.17, 15) is 9.00 Å². The summed E-state index contributed by atoms with van der Waals surface area (Å²) in [4.78, 5) is 12.8. The highest BCUT2D eigenvalue weighted by Gasteiger charge is 2.30. The number of carbonyl (C=O) groups is 1. The summed E-state index contributed by atoms with van der Waals surface area (Å²) in [5.41, 5.74) is 5.85. The molecule has 0 saturated carbocycles. The lowest BCUT2D eigenvalue weighted by molar-refractivity contribution is 0.260. The fourth-order valence-electron chi connectivity index (χ4n) is 4.53. The fourth-order valence-corrected chi connectivity index (χ4v) is 5.52. The average Bonchev–Trinajstić information content (AvgIpc) is 3.38. The smallest absolute Gasteiger partial charge is 0.354 e. The molecule has 1 unspecified atom stereocenters. The van der Waals surface area contributed by atoms with Gasteiger partial charge in [-0.2, -0.15) is 5.10 Å². The number of hydrogen-bond donors (Lipinski definition) is 2. The van der Waals surface area contributed by atoms with Crippen LogP contribution in [0.5, 0.6) is 5.88 Å². The molecule has 2 amide bonds. The minimum absolute atomic E-state index is 0.0299. The maximum Gasteiger partial charge on any atom is 0.354 e. The molecular weight excluding hydrogens is 378 g/mol. The number of hydrogen-bond acceptors (Lipinski definition) is 4. The molecule has 1 aromatic heterocycles. The Morgan fingerprint density at radius 3 is 2.64 bits per heavy atom. The molecule has 1 aromatic carbocycles. The van der Waals surface area contributed by atoms with Gasteiger partial charge in [-0.1, -0.05) is 6.07 Å². The van der Waals surface area contributed by atoms with Crippen LogP contribution in [0.25, 0.3) is 0 Å². The van der Waals surface area contributed by atoms with Crippen molar-refractivity contribution in [3.8, 4) is 5.88 Å². The molecule has 0 radical (unpaired) electrons. The second kappa shape index (κ2) is 6.31. The predicted octanol–water partition coefficient (Wildman–Crippen LogP) is 2.75. The molecule has 28 heavy (non-hydrogen) atoms. The Balaban J connectivity index is 1.49. The SMILES string of the molecule is C[C@H]1COc2c(S(N)(=O)=NC(=O)Nc3c4c(cc5c3CCC5)CCC4)cnn21. The predicted molar refractivity (Wildman–Crippen MR) is 105 cm³/mol. The van der Waals surface area contributed by atoms with Gasteiger partial charge in [0, 0.05) is 5.69 Å². The number of urea groups is 1. The molecule has 2 heterocycles. The van der Waals surface area contributed by atoms with Gasteiger partial charge in [0.15, 0.2) is 9.92 Å². The molecule has 3 N–H and O–H groups in total. The lowest BCUT2D eigenvalue weighted by Crippen LogP contribution is -2.19. The van der Waals surface area contributed by atoms with Crippen molar-refractivity contribution in [3.63, 3.8) is 0 Å². The van der Waals surface area contributed by atoms with Crippen molar-refractivity contribution in [3.05, 3.63) is 34.5 Å².